The number of hydrogen-bond donors (Lipinski definition) is 1. The van der Waals surface area contributed by atoms with E-state index in [1.54, 1.807) is 7.11 Å². The molecule has 1 aromatic rings. The SMILES string of the molecule is COc1ccc(CN2C[C@@H]3CNC[C@@H]3C2=O)cc1. The van der Waals surface area contributed by atoms with Crippen LogP contribution in [0, 0.1) is 11.8 Å². The molecule has 0 spiro atoms. The molecule has 2 atom stereocenters. The fourth-order valence-corrected chi connectivity index (χ4v) is 2.92. The van der Waals surface area contributed by atoms with Crippen molar-refractivity contribution >= 4 is 5.91 Å². The second kappa shape index (κ2) is 4.61. The lowest BCUT2D eigenvalue weighted by Gasteiger charge is -2.17. The van der Waals surface area contributed by atoms with Crippen molar-refractivity contribution in [2.24, 2.45) is 11.8 Å². The van der Waals surface area contributed by atoms with Gasteiger partial charge in [-0.1, -0.05) is 12.1 Å². The highest BCUT2D eigenvalue weighted by atomic mass is 16.5. The molecule has 2 heterocycles. The Bertz CT molecular complexity index is 444. The number of hydrogen-bond acceptors (Lipinski definition) is 3. The molecule has 2 saturated heterocycles. The molecule has 0 aromatic heterocycles. The van der Waals surface area contributed by atoms with Crippen LogP contribution in [-0.4, -0.2) is 37.6 Å². The lowest BCUT2D eigenvalue weighted by atomic mass is 10.0. The quantitative estimate of drug-likeness (QED) is 0.860. The molecule has 0 saturated carbocycles. The van der Waals surface area contributed by atoms with Crippen molar-refractivity contribution in [2.45, 2.75) is 6.54 Å². The van der Waals surface area contributed by atoms with Crippen LogP contribution >= 0.6 is 0 Å². The number of likely N-dealkylation sites (tertiary alicyclic amines) is 1. The van der Waals surface area contributed by atoms with Gasteiger partial charge < -0.3 is 15.0 Å². The van der Waals surface area contributed by atoms with Crippen molar-refractivity contribution < 1.29 is 9.53 Å². The molecule has 2 aliphatic heterocycles. The summed E-state index contributed by atoms with van der Waals surface area (Å²) in [6.07, 6.45) is 0. The molecule has 1 amide bonds. The van der Waals surface area contributed by atoms with Crippen LogP contribution in [0.3, 0.4) is 0 Å². The summed E-state index contributed by atoms with van der Waals surface area (Å²) in [4.78, 5) is 14.2. The second-order valence-corrected chi connectivity index (χ2v) is 5.09. The smallest absolute Gasteiger partial charge is 0.227 e. The predicted octanol–water partition coefficient (Wildman–Crippen LogP) is 0.873. The largest absolute Gasteiger partial charge is 0.497 e. The lowest BCUT2D eigenvalue weighted by Crippen LogP contribution is -2.30. The van der Waals surface area contributed by atoms with Crippen LogP contribution in [0.25, 0.3) is 0 Å². The summed E-state index contributed by atoms with van der Waals surface area (Å²) in [6, 6.07) is 7.94. The minimum absolute atomic E-state index is 0.211. The summed E-state index contributed by atoms with van der Waals surface area (Å²) in [6.45, 7) is 3.44. The zero-order valence-corrected chi connectivity index (χ0v) is 10.6. The van der Waals surface area contributed by atoms with E-state index in [9.17, 15) is 4.79 Å². The highest BCUT2D eigenvalue weighted by molar-refractivity contribution is 5.82. The maximum absolute atomic E-state index is 12.2. The van der Waals surface area contributed by atoms with Crippen LogP contribution in [-0.2, 0) is 11.3 Å². The van der Waals surface area contributed by atoms with Gasteiger partial charge in [-0.2, -0.15) is 0 Å². The summed E-state index contributed by atoms with van der Waals surface area (Å²) in [5.41, 5.74) is 1.16. The molecule has 4 heteroatoms. The first kappa shape index (κ1) is 11.5. The van der Waals surface area contributed by atoms with Crippen LogP contribution in [0.15, 0.2) is 24.3 Å². The van der Waals surface area contributed by atoms with Crippen molar-refractivity contribution in [3.05, 3.63) is 29.8 Å². The van der Waals surface area contributed by atoms with E-state index in [1.807, 2.05) is 29.2 Å². The third kappa shape index (κ3) is 1.97. The Morgan fingerprint density at radius 1 is 1.33 bits per heavy atom. The summed E-state index contributed by atoms with van der Waals surface area (Å²) in [5.74, 6) is 1.88. The Kier molecular flexibility index (Phi) is 2.96. The molecular weight excluding hydrogens is 228 g/mol. The lowest BCUT2D eigenvalue weighted by molar-refractivity contribution is -0.131. The second-order valence-electron chi connectivity index (χ2n) is 5.09. The third-order valence-electron chi connectivity index (χ3n) is 3.96. The Labute approximate surface area is 107 Å². The number of carbonyl (C=O) groups is 1. The number of fused-ring (bicyclic) bond motifs is 1. The van der Waals surface area contributed by atoms with E-state index >= 15 is 0 Å². The van der Waals surface area contributed by atoms with E-state index in [2.05, 4.69) is 5.32 Å². The van der Waals surface area contributed by atoms with Crippen molar-refractivity contribution in [3.8, 4) is 5.75 Å². The molecule has 1 N–H and O–H groups in total. The van der Waals surface area contributed by atoms with Gasteiger partial charge in [-0.3, -0.25) is 4.79 Å². The zero-order valence-electron chi connectivity index (χ0n) is 10.6. The van der Waals surface area contributed by atoms with Gasteiger partial charge in [0.2, 0.25) is 5.91 Å². The summed E-state index contributed by atoms with van der Waals surface area (Å²) in [5, 5.41) is 3.29. The van der Waals surface area contributed by atoms with Gasteiger partial charge in [0.1, 0.15) is 5.75 Å². The van der Waals surface area contributed by atoms with E-state index in [0.29, 0.717) is 11.8 Å². The van der Waals surface area contributed by atoms with Crippen LogP contribution in [0.4, 0.5) is 0 Å². The van der Waals surface area contributed by atoms with Crippen molar-refractivity contribution in [3.63, 3.8) is 0 Å². The molecule has 18 heavy (non-hydrogen) atoms. The maximum Gasteiger partial charge on any atom is 0.227 e. The predicted molar refractivity (Wildman–Crippen MR) is 68.3 cm³/mol. The standard InChI is InChI=1S/C14H18N2O2/c1-18-12-4-2-10(3-5-12)8-16-9-11-6-15-7-13(11)14(16)17/h2-5,11,13,15H,6-9H2,1H3/t11-,13-/m0/s1. The van der Waals surface area contributed by atoms with Gasteiger partial charge in [0.15, 0.2) is 0 Å². The van der Waals surface area contributed by atoms with Gasteiger partial charge in [-0.15, -0.1) is 0 Å². The van der Waals surface area contributed by atoms with Gasteiger partial charge >= 0.3 is 0 Å². The van der Waals surface area contributed by atoms with Gasteiger partial charge in [0.25, 0.3) is 0 Å². The molecular formula is C14H18N2O2. The maximum atomic E-state index is 12.2. The van der Waals surface area contributed by atoms with Gasteiger partial charge in [0.05, 0.1) is 13.0 Å². The monoisotopic (exact) mass is 246 g/mol. The molecule has 1 aromatic carbocycles. The molecule has 2 aliphatic rings. The van der Waals surface area contributed by atoms with E-state index < -0.39 is 0 Å². The minimum Gasteiger partial charge on any atom is -0.497 e. The molecule has 0 unspecified atom stereocenters. The molecule has 0 aliphatic carbocycles. The summed E-state index contributed by atoms with van der Waals surface area (Å²) in [7, 11) is 1.66. The molecule has 96 valence electrons. The normalized spacial score (nSPS) is 26.5. The summed E-state index contributed by atoms with van der Waals surface area (Å²) < 4.78 is 5.13. The number of methoxy groups -OCH3 is 1. The molecule has 0 bridgehead atoms. The highest BCUT2D eigenvalue weighted by Gasteiger charge is 2.42. The Balaban J connectivity index is 1.67. The van der Waals surface area contributed by atoms with Crippen LogP contribution in [0.2, 0.25) is 0 Å². The third-order valence-corrected chi connectivity index (χ3v) is 3.96. The average molecular weight is 246 g/mol. The van der Waals surface area contributed by atoms with Crippen LogP contribution in [0.5, 0.6) is 5.75 Å². The average Bonchev–Trinajstić information content (AvgIpc) is 2.95. The van der Waals surface area contributed by atoms with Crippen molar-refractivity contribution in [2.75, 3.05) is 26.7 Å². The first-order valence-corrected chi connectivity index (χ1v) is 6.40. The van der Waals surface area contributed by atoms with Crippen LogP contribution < -0.4 is 10.1 Å². The molecule has 0 radical (unpaired) electrons. The van der Waals surface area contributed by atoms with Gasteiger partial charge in [-0.05, 0) is 17.7 Å². The number of ether oxygens (including phenoxy) is 1. The number of carbonyl (C=O) groups excluding carboxylic acids is 1. The Morgan fingerprint density at radius 2 is 2.11 bits per heavy atom. The number of rotatable bonds is 3. The molecule has 4 nitrogen and oxygen atoms in total. The first-order chi connectivity index (χ1) is 8.78. The number of amides is 1. The van der Waals surface area contributed by atoms with Gasteiger partial charge in [0, 0.05) is 32.1 Å². The molecule has 2 fully saturated rings. The zero-order chi connectivity index (χ0) is 12.5. The fraction of sp³-hybridized carbons (Fsp3) is 0.500. The number of nitrogens with one attached hydrogen (secondary N) is 1. The van der Waals surface area contributed by atoms with E-state index in [0.717, 1.165) is 37.5 Å². The van der Waals surface area contributed by atoms with Crippen molar-refractivity contribution in [1.29, 1.82) is 0 Å². The summed E-state index contributed by atoms with van der Waals surface area (Å²) >= 11 is 0. The van der Waals surface area contributed by atoms with E-state index in [1.165, 1.54) is 0 Å². The Morgan fingerprint density at radius 3 is 2.78 bits per heavy atom. The topological polar surface area (TPSA) is 41.6 Å². The number of benzene rings is 1. The first-order valence-electron chi connectivity index (χ1n) is 6.40. The molecule has 3 rings (SSSR count). The minimum atomic E-state index is 0.211. The van der Waals surface area contributed by atoms with Crippen molar-refractivity contribution in [1.82, 2.24) is 10.2 Å². The van der Waals surface area contributed by atoms with Gasteiger partial charge in [-0.25, -0.2) is 0 Å². The highest BCUT2D eigenvalue weighted by Crippen LogP contribution is 2.29. The van der Waals surface area contributed by atoms with E-state index in [4.69, 9.17) is 4.74 Å². The Hall–Kier alpha value is -1.55. The van der Waals surface area contributed by atoms with Crippen LogP contribution in [0.1, 0.15) is 5.56 Å². The number of nitrogens with zero attached hydrogens (tertiary/aromatic N) is 1. The van der Waals surface area contributed by atoms with E-state index in [-0.39, 0.29) is 5.92 Å². The fourth-order valence-electron chi connectivity index (χ4n) is 2.92.